The van der Waals surface area contributed by atoms with Gasteiger partial charge in [-0.25, -0.2) is 9.38 Å². The lowest BCUT2D eigenvalue weighted by molar-refractivity contribution is -0.123. The summed E-state index contributed by atoms with van der Waals surface area (Å²) in [5.41, 5.74) is 2.11. The molecule has 166 valence electrons. The van der Waals surface area contributed by atoms with E-state index in [4.69, 9.17) is 9.73 Å². The Morgan fingerprint density at radius 2 is 1.94 bits per heavy atom. The molecule has 0 radical (unpaired) electrons. The number of ether oxygens (including phenoxy) is 1. The number of benzene rings is 2. The highest BCUT2D eigenvalue weighted by Crippen LogP contribution is 2.35. The highest BCUT2D eigenvalue weighted by molar-refractivity contribution is 8.18. The third-order valence-electron chi connectivity index (χ3n) is 6.00. The number of carbonyl (C=O) groups excluding carboxylic acids is 1. The van der Waals surface area contributed by atoms with Gasteiger partial charge in [0.2, 0.25) is 0 Å². The topological polar surface area (TPSA) is 45.1 Å². The van der Waals surface area contributed by atoms with E-state index >= 15 is 0 Å². The van der Waals surface area contributed by atoms with E-state index in [1.165, 1.54) is 17.8 Å². The number of para-hydroxylation sites is 1. The lowest BCUT2D eigenvalue weighted by Gasteiger charge is -2.19. The summed E-state index contributed by atoms with van der Waals surface area (Å²) >= 11 is 1.33. The first kappa shape index (κ1) is 21.2. The number of aliphatic imine (C=N–C) groups is 1. The van der Waals surface area contributed by atoms with Crippen molar-refractivity contribution in [3.8, 4) is 0 Å². The lowest BCUT2D eigenvalue weighted by Crippen LogP contribution is -2.36. The molecule has 5 rings (SSSR count). The third-order valence-corrected chi connectivity index (χ3v) is 7.00. The van der Waals surface area contributed by atoms with Crippen LogP contribution in [-0.4, -0.2) is 48.3 Å². The van der Waals surface area contributed by atoms with Crippen LogP contribution in [0.3, 0.4) is 0 Å². The molecule has 2 aromatic carbocycles. The summed E-state index contributed by atoms with van der Waals surface area (Å²) < 4.78 is 20.5. The molecule has 5 nitrogen and oxygen atoms in total. The molecule has 1 amide bonds. The molecule has 0 spiro atoms. The molecule has 0 N–H and O–H groups in total. The second kappa shape index (κ2) is 9.46. The van der Waals surface area contributed by atoms with E-state index < -0.39 is 0 Å². The van der Waals surface area contributed by atoms with Crippen LogP contribution in [-0.2, 0) is 9.53 Å². The van der Waals surface area contributed by atoms with Crippen LogP contribution in [0.1, 0.15) is 31.2 Å². The van der Waals surface area contributed by atoms with E-state index in [0.717, 1.165) is 51.1 Å². The number of amides is 1. The Morgan fingerprint density at radius 3 is 2.66 bits per heavy atom. The zero-order valence-corrected chi connectivity index (χ0v) is 18.7. The van der Waals surface area contributed by atoms with E-state index in [9.17, 15) is 9.18 Å². The number of thioether (sulfide) groups is 1. The molecule has 3 aliphatic rings. The third kappa shape index (κ3) is 4.59. The Bertz CT molecular complexity index is 1040. The highest BCUT2D eigenvalue weighted by atomic mass is 32.2. The molecular weight excluding hydrogens is 425 g/mol. The minimum atomic E-state index is -0.244. The summed E-state index contributed by atoms with van der Waals surface area (Å²) in [5.74, 6) is -0.352. The van der Waals surface area contributed by atoms with Crippen molar-refractivity contribution in [3.63, 3.8) is 0 Å². The number of amidine groups is 1. The van der Waals surface area contributed by atoms with Gasteiger partial charge in [0.15, 0.2) is 5.17 Å². The number of anilines is 1. The van der Waals surface area contributed by atoms with Gasteiger partial charge in [-0.3, -0.25) is 9.69 Å². The Morgan fingerprint density at radius 1 is 1.12 bits per heavy atom. The molecule has 32 heavy (non-hydrogen) atoms. The molecule has 3 aliphatic heterocycles. The molecule has 7 heteroatoms. The minimum Gasteiger partial charge on any atom is -0.376 e. The zero-order chi connectivity index (χ0) is 21.9. The van der Waals surface area contributed by atoms with E-state index in [2.05, 4.69) is 4.90 Å². The van der Waals surface area contributed by atoms with E-state index in [0.29, 0.717) is 27.9 Å². The molecule has 0 saturated carbocycles. The first-order valence-electron chi connectivity index (χ1n) is 11.2. The van der Waals surface area contributed by atoms with E-state index in [1.54, 1.807) is 11.0 Å². The van der Waals surface area contributed by atoms with Gasteiger partial charge in [-0.2, -0.15) is 0 Å². The summed E-state index contributed by atoms with van der Waals surface area (Å²) in [6.45, 7) is 3.00. The number of carbonyl (C=O) groups is 1. The van der Waals surface area contributed by atoms with Crippen molar-refractivity contribution < 1.29 is 13.9 Å². The standard InChI is InChI=1S/C25H26FN3O2S/c26-21-15-18(10-11-22(21)28-12-4-5-13-28)16-23-24(30)29(17-20-9-6-14-31-20)25(32-23)27-19-7-2-1-3-8-19/h1-3,7-8,10-11,15-16,20H,4-6,9,12-14,17H2/b23-16-,27-25?. The first-order chi connectivity index (χ1) is 15.7. The van der Waals surface area contributed by atoms with Crippen molar-refractivity contribution in [2.45, 2.75) is 31.8 Å². The van der Waals surface area contributed by atoms with Gasteiger partial charge in [0, 0.05) is 19.7 Å². The highest BCUT2D eigenvalue weighted by Gasteiger charge is 2.36. The number of hydrogen-bond acceptors (Lipinski definition) is 5. The van der Waals surface area contributed by atoms with Crippen molar-refractivity contribution in [1.29, 1.82) is 0 Å². The summed E-state index contributed by atoms with van der Waals surface area (Å²) in [6.07, 6.45) is 5.93. The van der Waals surface area contributed by atoms with Gasteiger partial charge in [0.1, 0.15) is 5.82 Å². The molecule has 1 unspecified atom stereocenters. The monoisotopic (exact) mass is 451 g/mol. The molecular formula is C25H26FN3O2S. The molecule has 3 fully saturated rings. The van der Waals surface area contributed by atoms with Crippen LogP contribution in [0.5, 0.6) is 0 Å². The normalized spacial score (nSPS) is 23.8. The van der Waals surface area contributed by atoms with Gasteiger partial charge >= 0.3 is 0 Å². The molecule has 0 aliphatic carbocycles. The summed E-state index contributed by atoms with van der Waals surface area (Å²) in [5, 5.41) is 0.636. The van der Waals surface area contributed by atoms with E-state index in [1.807, 2.05) is 42.5 Å². The van der Waals surface area contributed by atoms with E-state index in [-0.39, 0.29) is 17.8 Å². The molecule has 3 saturated heterocycles. The summed E-state index contributed by atoms with van der Waals surface area (Å²) in [4.78, 5) is 22.3. The fourth-order valence-corrected chi connectivity index (χ4v) is 5.34. The average Bonchev–Trinajstić information content (AvgIpc) is 3.55. The predicted molar refractivity (Wildman–Crippen MR) is 128 cm³/mol. The maximum absolute atomic E-state index is 14.8. The Kier molecular flexibility index (Phi) is 6.28. The summed E-state index contributed by atoms with van der Waals surface area (Å²) in [7, 11) is 0. The number of nitrogens with zero attached hydrogens (tertiary/aromatic N) is 3. The van der Waals surface area contributed by atoms with Crippen molar-refractivity contribution in [1.82, 2.24) is 4.90 Å². The van der Waals surface area contributed by atoms with Gasteiger partial charge in [-0.1, -0.05) is 24.3 Å². The lowest BCUT2D eigenvalue weighted by atomic mass is 10.1. The molecule has 3 heterocycles. The maximum atomic E-state index is 14.8. The number of hydrogen-bond donors (Lipinski definition) is 0. The number of rotatable bonds is 5. The molecule has 0 aromatic heterocycles. The Labute approximate surface area is 192 Å². The van der Waals surface area contributed by atoms with Gasteiger partial charge in [0.05, 0.1) is 28.9 Å². The van der Waals surface area contributed by atoms with Crippen LogP contribution >= 0.6 is 11.8 Å². The largest absolute Gasteiger partial charge is 0.376 e. The van der Waals surface area contributed by atoms with Crippen molar-refractivity contribution in [3.05, 3.63) is 64.8 Å². The van der Waals surface area contributed by atoms with Crippen LogP contribution in [0.25, 0.3) is 6.08 Å². The SMILES string of the molecule is O=C1/C(=C/c2ccc(N3CCCC3)c(F)c2)SC(=Nc2ccccc2)N1CC1CCCO1. The van der Waals surface area contributed by atoms with Gasteiger partial charge in [0.25, 0.3) is 5.91 Å². The number of halogens is 1. The molecule has 2 aromatic rings. The summed E-state index contributed by atoms with van der Waals surface area (Å²) in [6, 6.07) is 14.8. The van der Waals surface area contributed by atoms with Crippen LogP contribution in [0.15, 0.2) is 58.4 Å². The smallest absolute Gasteiger partial charge is 0.266 e. The van der Waals surface area contributed by atoms with Crippen molar-refractivity contribution in [2.24, 2.45) is 4.99 Å². The van der Waals surface area contributed by atoms with Crippen LogP contribution in [0.2, 0.25) is 0 Å². The van der Waals surface area contributed by atoms with Gasteiger partial charge in [-0.05, 0) is 73.4 Å². The first-order valence-corrected chi connectivity index (χ1v) is 12.0. The second-order valence-corrected chi connectivity index (χ2v) is 9.31. The van der Waals surface area contributed by atoms with Crippen LogP contribution in [0.4, 0.5) is 15.8 Å². The second-order valence-electron chi connectivity index (χ2n) is 8.30. The van der Waals surface area contributed by atoms with Gasteiger partial charge in [-0.15, -0.1) is 0 Å². The fourth-order valence-electron chi connectivity index (χ4n) is 4.34. The maximum Gasteiger partial charge on any atom is 0.266 e. The minimum absolute atomic E-state index is 0.0251. The molecule has 1 atom stereocenters. The van der Waals surface area contributed by atoms with Gasteiger partial charge < -0.3 is 9.64 Å². The predicted octanol–water partition coefficient (Wildman–Crippen LogP) is 5.21. The van der Waals surface area contributed by atoms with Crippen molar-refractivity contribution >= 4 is 40.3 Å². The zero-order valence-electron chi connectivity index (χ0n) is 17.9. The van der Waals surface area contributed by atoms with Crippen LogP contribution < -0.4 is 4.90 Å². The Balaban J connectivity index is 1.42. The van der Waals surface area contributed by atoms with Crippen LogP contribution in [0, 0.1) is 5.82 Å². The quantitative estimate of drug-likeness (QED) is 0.586. The average molecular weight is 452 g/mol. The fraction of sp³-hybridized carbons (Fsp3) is 0.360. The molecule has 0 bridgehead atoms. The Hall–Kier alpha value is -2.64. The van der Waals surface area contributed by atoms with Crippen molar-refractivity contribution in [2.75, 3.05) is 31.1 Å².